The maximum Gasteiger partial charge on any atom is 0.338 e. The summed E-state index contributed by atoms with van der Waals surface area (Å²) in [4.78, 5) is 36.5. The molecule has 8 heteroatoms. The van der Waals surface area contributed by atoms with Gasteiger partial charge in [-0.2, -0.15) is 5.10 Å². The highest BCUT2D eigenvalue weighted by Crippen LogP contribution is 2.29. The highest BCUT2D eigenvalue weighted by molar-refractivity contribution is 5.91. The molecule has 3 aromatic rings. The van der Waals surface area contributed by atoms with E-state index in [1.54, 1.807) is 28.9 Å². The molecule has 2 aromatic carbocycles. The molecule has 0 fully saturated rings. The summed E-state index contributed by atoms with van der Waals surface area (Å²) in [5.74, 6) is -1.14. The van der Waals surface area contributed by atoms with Crippen LogP contribution in [0.25, 0.3) is 5.69 Å². The smallest absolute Gasteiger partial charge is 0.338 e. The number of methoxy groups -OCH3 is 1. The van der Waals surface area contributed by atoms with Crippen molar-refractivity contribution in [3.63, 3.8) is 0 Å². The fraction of sp³-hybridized carbons (Fsp3) is 0.357. The number of hydrogen-bond acceptors (Lipinski definition) is 6. The lowest BCUT2D eigenvalue weighted by atomic mass is 9.88. The van der Waals surface area contributed by atoms with Gasteiger partial charge >= 0.3 is 11.9 Å². The molecule has 0 radical (unpaired) electrons. The van der Waals surface area contributed by atoms with E-state index in [1.165, 1.54) is 12.7 Å². The van der Waals surface area contributed by atoms with Gasteiger partial charge in [0.2, 0.25) is 0 Å². The van der Waals surface area contributed by atoms with Crippen molar-refractivity contribution >= 4 is 17.8 Å². The van der Waals surface area contributed by atoms with E-state index in [2.05, 4.69) is 16.5 Å². The van der Waals surface area contributed by atoms with Crippen molar-refractivity contribution in [3.8, 4) is 5.69 Å². The molecule has 1 unspecified atom stereocenters. The zero-order chi connectivity index (χ0) is 25.7. The maximum atomic E-state index is 12.5. The van der Waals surface area contributed by atoms with Crippen LogP contribution in [-0.2, 0) is 31.9 Å². The molecule has 36 heavy (non-hydrogen) atoms. The molecule has 1 heterocycles. The fourth-order valence-corrected chi connectivity index (χ4v) is 4.71. The van der Waals surface area contributed by atoms with Gasteiger partial charge in [0.25, 0.3) is 5.91 Å². The summed E-state index contributed by atoms with van der Waals surface area (Å²) in [5.41, 5.74) is 6.28. The van der Waals surface area contributed by atoms with E-state index >= 15 is 0 Å². The molecule has 8 nitrogen and oxygen atoms in total. The first-order chi connectivity index (χ1) is 17.4. The molecule has 0 bridgehead atoms. The van der Waals surface area contributed by atoms with E-state index in [9.17, 15) is 14.4 Å². The SMILES string of the molecule is COC(=O)CCc1c(C)nn(-c2ccc(C(=O)OCC(=O)NC3CCCc4ccccc43)cc2)c1C. The molecular formula is C28H31N3O5. The molecule has 1 aliphatic rings. The van der Waals surface area contributed by atoms with Crippen molar-refractivity contribution in [2.24, 2.45) is 0 Å². The van der Waals surface area contributed by atoms with Gasteiger partial charge in [-0.25, -0.2) is 9.48 Å². The van der Waals surface area contributed by atoms with Gasteiger partial charge in [0, 0.05) is 12.1 Å². The number of nitrogens with zero attached hydrogens (tertiary/aromatic N) is 2. The van der Waals surface area contributed by atoms with Gasteiger partial charge in [0.05, 0.1) is 30.1 Å². The van der Waals surface area contributed by atoms with E-state index in [-0.39, 0.29) is 30.9 Å². The second-order valence-electron chi connectivity index (χ2n) is 8.97. The summed E-state index contributed by atoms with van der Waals surface area (Å²) >= 11 is 0. The Kier molecular flexibility index (Phi) is 7.83. The van der Waals surface area contributed by atoms with Crippen LogP contribution in [0.1, 0.15) is 63.7 Å². The summed E-state index contributed by atoms with van der Waals surface area (Å²) in [6.07, 6.45) is 3.73. The average molecular weight is 490 g/mol. The van der Waals surface area contributed by atoms with Gasteiger partial charge in [0.15, 0.2) is 6.61 Å². The largest absolute Gasteiger partial charge is 0.469 e. The van der Waals surface area contributed by atoms with Crippen molar-refractivity contribution in [1.29, 1.82) is 0 Å². The number of hydrogen-bond donors (Lipinski definition) is 1. The fourth-order valence-electron chi connectivity index (χ4n) is 4.71. The van der Waals surface area contributed by atoms with Crippen molar-refractivity contribution < 1.29 is 23.9 Å². The molecule has 0 saturated carbocycles. The van der Waals surface area contributed by atoms with Crippen LogP contribution in [0.3, 0.4) is 0 Å². The summed E-state index contributed by atoms with van der Waals surface area (Å²) < 4.78 is 11.8. The first kappa shape index (κ1) is 25.2. The molecule has 1 atom stereocenters. The number of rotatable bonds is 8. The van der Waals surface area contributed by atoms with E-state index < -0.39 is 5.97 Å². The Morgan fingerprint density at radius 2 is 1.83 bits per heavy atom. The number of nitrogens with one attached hydrogen (secondary N) is 1. The summed E-state index contributed by atoms with van der Waals surface area (Å²) in [5, 5.41) is 7.58. The number of amides is 1. The number of ether oxygens (including phenoxy) is 2. The number of esters is 2. The van der Waals surface area contributed by atoms with Crippen molar-refractivity contribution in [2.45, 2.75) is 52.0 Å². The van der Waals surface area contributed by atoms with Crippen LogP contribution in [0.2, 0.25) is 0 Å². The third kappa shape index (κ3) is 5.64. The Hall–Kier alpha value is -3.94. The number of fused-ring (bicyclic) bond motifs is 1. The first-order valence-electron chi connectivity index (χ1n) is 12.1. The van der Waals surface area contributed by atoms with Gasteiger partial charge < -0.3 is 14.8 Å². The minimum absolute atomic E-state index is 0.0567. The Bertz CT molecular complexity index is 1260. The predicted octanol–water partition coefficient (Wildman–Crippen LogP) is 3.95. The van der Waals surface area contributed by atoms with Gasteiger partial charge in [-0.1, -0.05) is 24.3 Å². The quantitative estimate of drug-likeness (QED) is 0.481. The minimum Gasteiger partial charge on any atom is -0.469 e. The molecule has 1 N–H and O–H groups in total. The molecule has 4 rings (SSSR count). The molecule has 0 aliphatic heterocycles. The number of aromatic nitrogens is 2. The highest BCUT2D eigenvalue weighted by Gasteiger charge is 2.22. The predicted molar refractivity (Wildman–Crippen MR) is 134 cm³/mol. The normalized spacial score (nSPS) is 14.6. The Morgan fingerprint density at radius 1 is 1.08 bits per heavy atom. The van der Waals surface area contributed by atoms with Crippen LogP contribution >= 0.6 is 0 Å². The summed E-state index contributed by atoms with van der Waals surface area (Å²) in [7, 11) is 1.38. The van der Waals surface area contributed by atoms with Crippen LogP contribution in [0, 0.1) is 13.8 Å². The van der Waals surface area contributed by atoms with Crippen molar-refractivity contribution in [3.05, 3.63) is 82.2 Å². The average Bonchev–Trinajstić information content (AvgIpc) is 3.18. The Morgan fingerprint density at radius 3 is 2.58 bits per heavy atom. The Labute approximate surface area is 210 Å². The molecule has 1 aliphatic carbocycles. The summed E-state index contributed by atoms with van der Waals surface area (Å²) in [6.45, 7) is 3.51. The van der Waals surface area contributed by atoms with Gasteiger partial charge in [-0.3, -0.25) is 9.59 Å². The lowest BCUT2D eigenvalue weighted by Gasteiger charge is -2.26. The maximum absolute atomic E-state index is 12.5. The second kappa shape index (κ2) is 11.2. The zero-order valence-corrected chi connectivity index (χ0v) is 20.9. The van der Waals surface area contributed by atoms with Crippen LogP contribution in [0.15, 0.2) is 48.5 Å². The number of aryl methyl sites for hydroxylation is 2. The highest BCUT2D eigenvalue weighted by atomic mass is 16.5. The molecule has 1 aromatic heterocycles. The monoisotopic (exact) mass is 489 g/mol. The van der Waals surface area contributed by atoms with Crippen LogP contribution in [0.4, 0.5) is 0 Å². The third-order valence-corrected chi connectivity index (χ3v) is 6.63. The molecule has 188 valence electrons. The number of carbonyl (C=O) groups excluding carboxylic acids is 3. The minimum atomic E-state index is -0.562. The van der Waals surface area contributed by atoms with Crippen molar-refractivity contribution in [1.82, 2.24) is 15.1 Å². The summed E-state index contributed by atoms with van der Waals surface area (Å²) in [6, 6.07) is 14.9. The lowest BCUT2D eigenvalue weighted by Crippen LogP contribution is -2.34. The van der Waals surface area contributed by atoms with Crippen LogP contribution in [0.5, 0.6) is 0 Å². The topological polar surface area (TPSA) is 99.5 Å². The first-order valence-corrected chi connectivity index (χ1v) is 12.1. The molecule has 0 saturated heterocycles. The van der Waals surface area contributed by atoms with Crippen LogP contribution < -0.4 is 5.32 Å². The van der Waals surface area contributed by atoms with Gasteiger partial charge in [0.1, 0.15) is 0 Å². The number of benzene rings is 2. The standard InChI is InChI=1S/C28H31N3O5/c1-18-23(15-16-27(33)35-3)19(2)31(30-18)22-13-11-21(12-14-22)28(34)36-17-26(32)29-25-10-6-8-20-7-4-5-9-24(20)25/h4-5,7,9,11-14,25H,6,8,10,15-17H2,1-3H3,(H,29,32). The van der Waals surface area contributed by atoms with Crippen LogP contribution in [-0.4, -0.2) is 41.3 Å². The zero-order valence-electron chi connectivity index (χ0n) is 20.9. The van der Waals surface area contributed by atoms with E-state index in [4.69, 9.17) is 9.47 Å². The lowest BCUT2D eigenvalue weighted by molar-refractivity contribution is -0.140. The van der Waals surface area contributed by atoms with Gasteiger partial charge in [-0.05, 0) is 80.5 Å². The second-order valence-corrected chi connectivity index (χ2v) is 8.97. The molecule has 1 amide bonds. The molecule has 0 spiro atoms. The number of carbonyl (C=O) groups is 3. The molecular weight excluding hydrogens is 458 g/mol. The Balaban J connectivity index is 1.34. The van der Waals surface area contributed by atoms with E-state index in [1.807, 2.05) is 32.0 Å². The van der Waals surface area contributed by atoms with Crippen molar-refractivity contribution in [2.75, 3.05) is 13.7 Å². The van der Waals surface area contributed by atoms with E-state index in [0.717, 1.165) is 47.5 Å². The van der Waals surface area contributed by atoms with E-state index in [0.29, 0.717) is 12.0 Å². The third-order valence-electron chi connectivity index (χ3n) is 6.63. The van der Waals surface area contributed by atoms with Gasteiger partial charge in [-0.15, -0.1) is 0 Å².